The molecule has 3 rings (SSSR count). The molecule has 0 radical (unpaired) electrons. The number of hydrogen-bond acceptors (Lipinski definition) is 3. The molecule has 0 bridgehead atoms. The van der Waals surface area contributed by atoms with E-state index in [0.29, 0.717) is 9.92 Å². The third-order valence-electron chi connectivity index (χ3n) is 3.52. The fraction of sp³-hybridized carbons (Fsp3) is 0.167. The first-order valence-electron chi connectivity index (χ1n) is 7.51. The van der Waals surface area contributed by atoms with E-state index in [1.807, 2.05) is 42.5 Å². The van der Waals surface area contributed by atoms with E-state index in [0.717, 1.165) is 35.0 Å². The quantitative estimate of drug-likeness (QED) is 0.513. The topological polar surface area (TPSA) is 44.9 Å². The Morgan fingerprint density at radius 3 is 2.70 bits per heavy atom. The van der Waals surface area contributed by atoms with Crippen LogP contribution >= 0.6 is 23.5 Å². The van der Waals surface area contributed by atoms with Crippen LogP contribution in [0.3, 0.4) is 0 Å². The first kappa shape index (κ1) is 16.1. The lowest BCUT2D eigenvalue weighted by Gasteiger charge is -2.13. The number of aromatic amines is 1. The van der Waals surface area contributed by atoms with Gasteiger partial charge in [0.1, 0.15) is 0 Å². The van der Waals surface area contributed by atoms with Crippen molar-refractivity contribution in [1.29, 1.82) is 0 Å². The van der Waals surface area contributed by atoms with E-state index < -0.39 is 0 Å². The van der Waals surface area contributed by atoms with Crippen LogP contribution in [0.1, 0.15) is 13.3 Å². The van der Waals surface area contributed by atoms with E-state index in [4.69, 9.17) is 11.6 Å². The van der Waals surface area contributed by atoms with Gasteiger partial charge in [0.25, 0.3) is 5.56 Å². The highest BCUT2D eigenvalue weighted by atomic mass is 35.5. The number of rotatable bonds is 5. The maximum atomic E-state index is 12.6. The third-order valence-corrected chi connectivity index (χ3v) is 4.70. The second kappa shape index (κ2) is 7.21. The fourth-order valence-corrected chi connectivity index (χ4v) is 3.56. The molecule has 0 saturated carbocycles. The molecule has 23 heavy (non-hydrogen) atoms. The van der Waals surface area contributed by atoms with Crippen LogP contribution in [-0.2, 0) is 0 Å². The lowest BCUT2D eigenvalue weighted by Crippen LogP contribution is -2.14. The van der Waals surface area contributed by atoms with Crippen LogP contribution in [0, 0.1) is 0 Å². The average Bonchev–Trinajstić information content (AvgIpc) is 2.56. The highest BCUT2D eigenvalue weighted by Gasteiger charge is 2.15. The van der Waals surface area contributed by atoms with Crippen LogP contribution in [0.2, 0.25) is 5.02 Å². The Morgan fingerprint density at radius 2 is 1.96 bits per heavy atom. The molecule has 2 N–H and O–H groups in total. The highest BCUT2D eigenvalue weighted by molar-refractivity contribution is 7.97. The summed E-state index contributed by atoms with van der Waals surface area (Å²) in [5, 5.41) is 1.60. The normalized spacial score (nSPS) is 11.0. The SMILES string of the molecule is CCCNSc1c(-c2ccccc2)c2cc(Cl)ccc2[nH]c1=O. The van der Waals surface area contributed by atoms with Crippen molar-refractivity contribution in [3.05, 3.63) is 63.9 Å². The van der Waals surface area contributed by atoms with Gasteiger partial charge in [0.15, 0.2) is 0 Å². The molecule has 118 valence electrons. The number of halogens is 1. The number of H-pyrrole nitrogens is 1. The van der Waals surface area contributed by atoms with Crippen molar-refractivity contribution in [2.75, 3.05) is 6.54 Å². The predicted octanol–water partition coefficient (Wildman–Crippen LogP) is 4.86. The van der Waals surface area contributed by atoms with E-state index in [1.165, 1.54) is 11.9 Å². The lowest BCUT2D eigenvalue weighted by atomic mass is 10.0. The number of fused-ring (bicyclic) bond motifs is 1. The molecule has 1 aromatic heterocycles. The summed E-state index contributed by atoms with van der Waals surface area (Å²) in [7, 11) is 0. The molecule has 3 aromatic rings. The van der Waals surface area contributed by atoms with Crippen molar-refractivity contribution in [2.24, 2.45) is 0 Å². The second-order valence-electron chi connectivity index (χ2n) is 5.21. The number of pyridine rings is 1. The van der Waals surface area contributed by atoms with E-state index >= 15 is 0 Å². The number of aromatic nitrogens is 1. The molecule has 3 nitrogen and oxygen atoms in total. The minimum Gasteiger partial charge on any atom is -0.321 e. The summed E-state index contributed by atoms with van der Waals surface area (Å²) >= 11 is 7.56. The van der Waals surface area contributed by atoms with Gasteiger partial charge in [-0.2, -0.15) is 0 Å². The van der Waals surface area contributed by atoms with Crippen molar-refractivity contribution < 1.29 is 0 Å². The van der Waals surface area contributed by atoms with Crippen LogP contribution in [0.4, 0.5) is 0 Å². The molecule has 2 aromatic carbocycles. The van der Waals surface area contributed by atoms with E-state index in [1.54, 1.807) is 6.07 Å². The van der Waals surface area contributed by atoms with Crippen molar-refractivity contribution in [2.45, 2.75) is 18.2 Å². The minimum absolute atomic E-state index is 0.0905. The monoisotopic (exact) mass is 344 g/mol. The van der Waals surface area contributed by atoms with Gasteiger partial charge in [-0.15, -0.1) is 0 Å². The van der Waals surface area contributed by atoms with Crippen LogP contribution in [0.5, 0.6) is 0 Å². The van der Waals surface area contributed by atoms with Crippen LogP contribution < -0.4 is 10.3 Å². The molecule has 0 unspecified atom stereocenters. The van der Waals surface area contributed by atoms with Gasteiger partial charge in [0, 0.05) is 28.0 Å². The summed E-state index contributed by atoms with van der Waals surface area (Å²) in [5.74, 6) is 0. The maximum Gasteiger partial charge on any atom is 0.264 e. The Morgan fingerprint density at radius 1 is 1.17 bits per heavy atom. The molecule has 5 heteroatoms. The van der Waals surface area contributed by atoms with Gasteiger partial charge in [0.2, 0.25) is 0 Å². The Hall–Kier alpha value is -1.75. The maximum absolute atomic E-state index is 12.6. The van der Waals surface area contributed by atoms with Gasteiger partial charge in [-0.25, -0.2) is 0 Å². The minimum atomic E-state index is -0.0905. The molecule has 0 saturated heterocycles. The zero-order chi connectivity index (χ0) is 16.2. The zero-order valence-corrected chi connectivity index (χ0v) is 14.3. The van der Waals surface area contributed by atoms with Gasteiger partial charge in [-0.05, 0) is 42.1 Å². The standard InChI is InChI=1S/C18H17ClN2OS/c1-2-10-20-23-17-16(12-6-4-3-5-7-12)14-11-13(19)8-9-15(14)21-18(17)22/h3-9,11,20H,2,10H2,1H3,(H,21,22). The highest BCUT2D eigenvalue weighted by Crippen LogP contribution is 2.34. The summed E-state index contributed by atoms with van der Waals surface area (Å²) in [5.41, 5.74) is 2.62. The Kier molecular flexibility index (Phi) is 5.06. The van der Waals surface area contributed by atoms with Gasteiger partial charge in [0.05, 0.1) is 4.90 Å². The lowest BCUT2D eigenvalue weighted by molar-refractivity contribution is 0.876. The molecular formula is C18H17ClN2OS. The molecule has 0 aliphatic carbocycles. The van der Waals surface area contributed by atoms with E-state index in [9.17, 15) is 4.79 Å². The van der Waals surface area contributed by atoms with Gasteiger partial charge in [-0.3, -0.25) is 9.52 Å². The largest absolute Gasteiger partial charge is 0.321 e. The number of hydrogen-bond donors (Lipinski definition) is 2. The van der Waals surface area contributed by atoms with Crippen LogP contribution in [0.25, 0.3) is 22.0 Å². The van der Waals surface area contributed by atoms with Gasteiger partial charge in [-0.1, -0.05) is 48.9 Å². The first-order valence-corrected chi connectivity index (χ1v) is 8.71. The summed E-state index contributed by atoms with van der Waals surface area (Å²) in [6.45, 7) is 2.93. The van der Waals surface area contributed by atoms with Crippen LogP contribution in [0.15, 0.2) is 58.2 Å². The third kappa shape index (κ3) is 3.44. The summed E-state index contributed by atoms with van der Waals surface area (Å²) < 4.78 is 3.25. The zero-order valence-electron chi connectivity index (χ0n) is 12.7. The molecule has 1 heterocycles. The molecule has 0 aliphatic rings. The molecule has 0 spiro atoms. The molecule has 0 amide bonds. The molecule has 0 atom stereocenters. The molecule has 0 fully saturated rings. The molecule has 0 aliphatic heterocycles. The Bertz CT molecular complexity index is 877. The van der Waals surface area contributed by atoms with Crippen molar-refractivity contribution in [3.8, 4) is 11.1 Å². The van der Waals surface area contributed by atoms with Gasteiger partial charge >= 0.3 is 0 Å². The summed E-state index contributed by atoms with van der Waals surface area (Å²) in [4.78, 5) is 16.2. The predicted molar refractivity (Wildman–Crippen MR) is 99.2 cm³/mol. The van der Waals surface area contributed by atoms with Gasteiger partial charge < -0.3 is 4.98 Å². The van der Waals surface area contributed by atoms with E-state index in [-0.39, 0.29) is 5.56 Å². The smallest absolute Gasteiger partial charge is 0.264 e. The summed E-state index contributed by atoms with van der Waals surface area (Å²) in [6, 6.07) is 15.5. The van der Waals surface area contributed by atoms with Crippen molar-refractivity contribution >= 4 is 34.5 Å². The van der Waals surface area contributed by atoms with Crippen LogP contribution in [-0.4, -0.2) is 11.5 Å². The number of nitrogens with one attached hydrogen (secondary N) is 2. The van der Waals surface area contributed by atoms with E-state index in [2.05, 4.69) is 16.6 Å². The Labute approximate surface area is 144 Å². The first-order chi connectivity index (χ1) is 11.2. The van der Waals surface area contributed by atoms with Crippen molar-refractivity contribution in [3.63, 3.8) is 0 Å². The number of benzene rings is 2. The molecular weight excluding hydrogens is 328 g/mol. The Balaban J connectivity index is 2.27. The average molecular weight is 345 g/mol. The second-order valence-corrected chi connectivity index (χ2v) is 6.55. The van der Waals surface area contributed by atoms with Crippen molar-refractivity contribution in [1.82, 2.24) is 9.71 Å². The fourth-order valence-electron chi connectivity index (χ4n) is 2.46. The summed E-state index contributed by atoms with van der Waals surface area (Å²) in [6.07, 6.45) is 1.00.